The average molecular weight is 416 g/mol. The van der Waals surface area contributed by atoms with Crippen molar-refractivity contribution < 1.29 is 22.7 Å². The number of ether oxygens (including phenoxy) is 2. The summed E-state index contributed by atoms with van der Waals surface area (Å²) < 4.78 is 37.4. The lowest BCUT2D eigenvalue weighted by Crippen LogP contribution is -2.40. The molecule has 154 valence electrons. The first kappa shape index (κ1) is 21.2. The van der Waals surface area contributed by atoms with Gasteiger partial charge in [0.1, 0.15) is 5.75 Å². The molecule has 0 unspecified atom stereocenters. The molecule has 0 aromatic heterocycles. The Morgan fingerprint density at radius 1 is 1.07 bits per heavy atom. The first-order valence-electron chi connectivity index (χ1n) is 9.64. The van der Waals surface area contributed by atoms with Gasteiger partial charge in [0.25, 0.3) is 0 Å². The van der Waals surface area contributed by atoms with Crippen molar-refractivity contribution in [2.45, 2.75) is 18.2 Å². The SMILES string of the molecule is CCCOc1ccc(/C=C/C(=O)c2ccc(S(=O)(=O)N3CCOCC3)cc2)cc1. The van der Waals surface area contributed by atoms with Crippen LogP contribution in [0.3, 0.4) is 0 Å². The highest BCUT2D eigenvalue weighted by Crippen LogP contribution is 2.18. The van der Waals surface area contributed by atoms with E-state index in [1.807, 2.05) is 31.2 Å². The molecule has 0 spiro atoms. The number of carbonyl (C=O) groups excluding carboxylic acids is 1. The van der Waals surface area contributed by atoms with Gasteiger partial charge in [-0.05, 0) is 54.5 Å². The van der Waals surface area contributed by atoms with Crippen molar-refractivity contribution in [3.05, 3.63) is 65.7 Å². The Balaban J connectivity index is 1.64. The Hall–Kier alpha value is -2.48. The molecule has 2 aromatic carbocycles. The summed E-state index contributed by atoms with van der Waals surface area (Å²) in [5.41, 5.74) is 1.32. The third kappa shape index (κ3) is 5.53. The molecule has 0 bridgehead atoms. The van der Waals surface area contributed by atoms with Gasteiger partial charge in [-0.3, -0.25) is 4.79 Å². The Morgan fingerprint density at radius 2 is 1.72 bits per heavy atom. The zero-order valence-corrected chi connectivity index (χ0v) is 17.2. The van der Waals surface area contributed by atoms with Gasteiger partial charge in [0, 0.05) is 18.7 Å². The lowest BCUT2D eigenvalue weighted by atomic mass is 10.1. The normalized spacial score (nSPS) is 15.5. The molecular formula is C22H25NO5S. The second kappa shape index (κ2) is 9.82. The minimum absolute atomic E-state index is 0.183. The van der Waals surface area contributed by atoms with Crippen molar-refractivity contribution in [1.82, 2.24) is 4.31 Å². The lowest BCUT2D eigenvalue weighted by Gasteiger charge is -2.26. The molecule has 1 heterocycles. The van der Waals surface area contributed by atoms with Gasteiger partial charge in [-0.15, -0.1) is 0 Å². The van der Waals surface area contributed by atoms with Crippen molar-refractivity contribution in [2.24, 2.45) is 0 Å². The van der Waals surface area contributed by atoms with E-state index in [2.05, 4.69) is 0 Å². The lowest BCUT2D eigenvalue weighted by molar-refractivity contribution is 0.0730. The van der Waals surface area contributed by atoms with Gasteiger partial charge in [0.05, 0.1) is 24.7 Å². The first-order valence-corrected chi connectivity index (χ1v) is 11.1. The summed E-state index contributed by atoms with van der Waals surface area (Å²) >= 11 is 0. The number of rotatable bonds is 8. The maximum atomic E-state index is 12.6. The van der Waals surface area contributed by atoms with Crippen LogP contribution in [0, 0.1) is 0 Å². The molecule has 1 saturated heterocycles. The van der Waals surface area contributed by atoms with E-state index in [0.29, 0.717) is 38.5 Å². The van der Waals surface area contributed by atoms with Crippen LogP contribution in [-0.4, -0.2) is 51.4 Å². The minimum Gasteiger partial charge on any atom is -0.494 e. The minimum atomic E-state index is -3.56. The molecule has 7 heteroatoms. The molecule has 2 aromatic rings. The van der Waals surface area contributed by atoms with E-state index in [1.165, 1.54) is 22.5 Å². The van der Waals surface area contributed by atoms with Gasteiger partial charge >= 0.3 is 0 Å². The third-order valence-electron chi connectivity index (χ3n) is 4.53. The van der Waals surface area contributed by atoms with Crippen molar-refractivity contribution in [1.29, 1.82) is 0 Å². The van der Waals surface area contributed by atoms with Gasteiger partial charge in [0.15, 0.2) is 5.78 Å². The van der Waals surface area contributed by atoms with E-state index in [9.17, 15) is 13.2 Å². The molecule has 0 aliphatic carbocycles. The Morgan fingerprint density at radius 3 is 2.34 bits per heavy atom. The molecule has 1 aliphatic rings. The number of ketones is 1. The summed E-state index contributed by atoms with van der Waals surface area (Å²) in [6.45, 7) is 4.19. The van der Waals surface area contributed by atoms with Gasteiger partial charge in [-0.25, -0.2) is 8.42 Å². The van der Waals surface area contributed by atoms with E-state index < -0.39 is 10.0 Å². The van der Waals surface area contributed by atoms with Crippen LogP contribution in [0.15, 0.2) is 59.5 Å². The molecule has 0 radical (unpaired) electrons. The average Bonchev–Trinajstić information content (AvgIpc) is 2.77. The molecular weight excluding hydrogens is 390 g/mol. The van der Waals surface area contributed by atoms with Crippen LogP contribution >= 0.6 is 0 Å². The largest absolute Gasteiger partial charge is 0.494 e. The van der Waals surface area contributed by atoms with Gasteiger partial charge < -0.3 is 9.47 Å². The van der Waals surface area contributed by atoms with Crippen LogP contribution in [0.5, 0.6) is 5.75 Å². The van der Waals surface area contributed by atoms with Crippen molar-refractivity contribution in [3.63, 3.8) is 0 Å². The monoisotopic (exact) mass is 415 g/mol. The third-order valence-corrected chi connectivity index (χ3v) is 6.44. The summed E-state index contributed by atoms with van der Waals surface area (Å²) in [6, 6.07) is 13.5. The van der Waals surface area contributed by atoms with Crippen LogP contribution in [0.4, 0.5) is 0 Å². The fourth-order valence-electron chi connectivity index (χ4n) is 2.89. The number of benzene rings is 2. The summed E-state index contributed by atoms with van der Waals surface area (Å²) in [4.78, 5) is 12.6. The van der Waals surface area contributed by atoms with Crippen molar-refractivity contribution >= 4 is 21.9 Å². The zero-order valence-electron chi connectivity index (χ0n) is 16.4. The molecule has 0 saturated carbocycles. The van der Waals surface area contributed by atoms with Crippen LogP contribution in [0.2, 0.25) is 0 Å². The quantitative estimate of drug-likeness (QED) is 0.488. The molecule has 0 amide bonds. The number of nitrogens with zero attached hydrogens (tertiary/aromatic N) is 1. The predicted molar refractivity (Wildman–Crippen MR) is 112 cm³/mol. The molecule has 1 aliphatic heterocycles. The number of hydrogen-bond donors (Lipinski definition) is 0. The topological polar surface area (TPSA) is 72.9 Å². The van der Waals surface area contributed by atoms with Crippen LogP contribution in [-0.2, 0) is 14.8 Å². The van der Waals surface area contributed by atoms with Crippen LogP contribution in [0.1, 0.15) is 29.3 Å². The predicted octanol–water partition coefficient (Wildman–Crippen LogP) is 3.39. The number of sulfonamides is 1. The maximum Gasteiger partial charge on any atom is 0.243 e. The summed E-state index contributed by atoms with van der Waals surface area (Å²) in [5, 5.41) is 0. The Labute approximate surface area is 171 Å². The fraction of sp³-hybridized carbons (Fsp3) is 0.318. The fourth-order valence-corrected chi connectivity index (χ4v) is 4.30. The second-order valence-corrected chi connectivity index (χ2v) is 8.59. The molecule has 0 atom stereocenters. The van der Waals surface area contributed by atoms with E-state index in [4.69, 9.17) is 9.47 Å². The highest BCUT2D eigenvalue weighted by Gasteiger charge is 2.26. The number of morpholine rings is 1. The molecule has 1 fully saturated rings. The highest BCUT2D eigenvalue weighted by atomic mass is 32.2. The maximum absolute atomic E-state index is 12.6. The smallest absolute Gasteiger partial charge is 0.243 e. The number of carbonyl (C=O) groups is 1. The summed E-state index contributed by atoms with van der Waals surface area (Å²) in [5.74, 6) is 0.610. The van der Waals surface area contributed by atoms with Crippen LogP contribution in [0.25, 0.3) is 6.08 Å². The van der Waals surface area contributed by atoms with E-state index in [1.54, 1.807) is 18.2 Å². The number of allylic oxidation sites excluding steroid dienone is 1. The van der Waals surface area contributed by atoms with Crippen molar-refractivity contribution in [2.75, 3.05) is 32.9 Å². The van der Waals surface area contributed by atoms with E-state index in [-0.39, 0.29) is 10.7 Å². The standard InChI is InChI=1S/C22H25NO5S/c1-2-15-28-20-8-3-18(4-9-20)5-12-22(24)19-6-10-21(11-7-19)29(25,26)23-13-16-27-17-14-23/h3-12H,2,13-17H2,1H3/b12-5+. The van der Waals surface area contributed by atoms with Gasteiger partial charge in [-0.1, -0.05) is 25.1 Å². The van der Waals surface area contributed by atoms with Crippen molar-refractivity contribution in [3.8, 4) is 5.75 Å². The van der Waals surface area contributed by atoms with E-state index >= 15 is 0 Å². The molecule has 6 nitrogen and oxygen atoms in total. The molecule has 29 heavy (non-hydrogen) atoms. The molecule has 0 N–H and O–H groups in total. The summed E-state index contributed by atoms with van der Waals surface area (Å²) in [6.07, 6.45) is 4.15. The first-order chi connectivity index (χ1) is 14.0. The highest BCUT2D eigenvalue weighted by molar-refractivity contribution is 7.89. The second-order valence-electron chi connectivity index (χ2n) is 6.66. The van der Waals surface area contributed by atoms with Crippen LogP contribution < -0.4 is 4.74 Å². The Kier molecular flexibility index (Phi) is 7.19. The van der Waals surface area contributed by atoms with E-state index in [0.717, 1.165) is 17.7 Å². The summed E-state index contributed by atoms with van der Waals surface area (Å²) in [7, 11) is -3.56. The molecule has 3 rings (SSSR count). The van der Waals surface area contributed by atoms with Gasteiger partial charge in [-0.2, -0.15) is 4.31 Å². The Bertz CT molecular complexity index is 944. The van der Waals surface area contributed by atoms with Gasteiger partial charge in [0.2, 0.25) is 10.0 Å². The number of hydrogen-bond acceptors (Lipinski definition) is 5. The zero-order chi connectivity index (χ0) is 20.7.